The highest BCUT2D eigenvalue weighted by Gasteiger charge is 2.02. The van der Waals surface area contributed by atoms with Crippen LogP contribution in [0.4, 0.5) is 0 Å². The van der Waals surface area contributed by atoms with Crippen LogP contribution in [-0.4, -0.2) is 25.0 Å². The zero-order chi connectivity index (χ0) is 6.81. The van der Waals surface area contributed by atoms with E-state index in [9.17, 15) is 0 Å². The monoisotopic (exact) mass is 152 g/mol. The molecule has 1 N–H and O–H groups in total. The first-order valence-electron chi connectivity index (χ1n) is 2.53. The van der Waals surface area contributed by atoms with E-state index in [2.05, 4.69) is 31.2 Å². The number of H-pyrrole nitrogens is 1. The summed E-state index contributed by atoms with van der Waals surface area (Å²) in [4.78, 5) is 0.800. The Morgan fingerprint density at radius 1 is 1.60 bits per heavy atom. The molecule has 0 unspecified atom stereocenters. The van der Waals surface area contributed by atoms with Crippen molar-refractivity contribution in [1.82, 2.24) is 25.0 Å². The van der Waals surface area contributed by atoms with Crippen LogP contribution in [0.3, 0.4) is 0 Å². The third-order valence-electron chi connectivity index (χ3n) is 0.974. The first-order chi connectivity index (χ1) is 4.97. The van der Waals surface area contributed by atoms with E-state index < -0.39 is 0 Å². The number of rotatable bonds is 1. The molecule has 1 radical (unpaired) electrons. The van der Waals surface area contributed by atoms with Crippen molar-refractivity contribution in [3.05, 3.63) is 12.4 Å². The van der Waals surface area contributed by atoms with E-state index in [0.29, 0.717) is 0 Å². The predicted molar refractivity (Wildman–Crippen MR) is 34.1 cm³/mol. The number of hydrogen-bond acceptors (Lipinski definition) is 5. The van der Waals surface area contributed by atoms with Crippen molar-refractivity contribution in [2.75, 3.05) is 0 Å². The fourth-order valence-corrected chi connectivity index (χ4v) is 1.00. The van der Waals surface area contributed by atoms with Crippen molar-refractivity contribution in [3.8, 4) is 10.6 Å². The molecule has 10 heavy (non-hydrogen) atoms. The molecule has 0 aliphatic carbocycles. The second kappa shape index (κ2) is 2.14. The number of aromatic nitrogens is 5. The zero-order valence-electron chi connectivity index (χ0n) is 4.77. The molecule has 0 amide bonds. The summed E-state index contributed by atoms with van der Waals surface area (Å²) >= 11 is 1.24. The van der Waals surface area contributed by atoms with Crippen LogP contribution in [0, 0.1) is 6.20 Å². The number of nitrogens with zero attached hydrogens (tertiary/aromatic N) is 4. The van der Waals surface area contributed by atoms with Gasteiger partial charge in [-0.3, -0.25) is 5.10 Å². The summed E-state index contributed by atoms with van der Waals surface area (Å²) in [6.07, 6.45) is 4.35. The van der Waals surface area contributed by atoms with Crippen LogP contribution in [0.25, 0.3) is 10.6 Å². The number of nitrogens with one attached hydrogen (secondary N) is 1. The van der Waals surface area contributed by atoms with E-state index in [-0.39, 0.29) is 0 Å². The van der Waals surface area contributed by atoms with Gasteiger partial charge in [0, 0.05) is 0 Å². The summed E-state index contributed by atoms with van der Waals surface area (Å²) in [7, 11) is 0. The Morgan fingerprint density at radius 2 is 2.60 bits per heavy atom. The molecule has 0 saturated heterocycles. The first-order valence-corrected chi connectivity index (χ1v) is 3.31. The maximum absolute atomic E-state index is 3.75. The van der Waals surface area contributed by atoms with Gasteiger partial charge in [0.05, 0.1) is 6.20 Å². The van der Waals surface area contributed by atoms with E-state index in [4.69, 9.17) is 0 Å². The minimum absolute atomic E-state index is 0.731. The lowest BCUT2D eigenvalue weighted by molar-refractivity contribution is 0.942. The molecule has 0 spiro atoms. The molecule has 5 nitrogen and oxygen atoms in total. The van der Waals surface area contributed by atoms with Gasteiger partial charge in [0.25, 0.3) is 0 Å². The van der Waals surface area contributed by atoms with Crippen molar-refractivity contribution in [1.29, 1.82) is 0 Å². The second-order valence-corrected chi connectivity index (χ2v) is 2.33. The molecule has 2 rings (SSSR count). The molecule has 0 aromatic carbocycles. The van der Waals surface area contributed by atoms with Crippen molar-refractivity contribution < 1.29 is 0 Å². The number of aromatic amines is 1. The largest absolute Gasteiger partial charge is 0.265 e. The van der Waals surface area contributed by atoms with Crippen LogP contribution in [0.1, 0.15) is 0 Å². The van der Waals surface area contributed by atoms with Crippen LogP contribution >= 0.6 is 11.5 Å². The lowest BCUT2D eigenvalue weighted by atomic mass is 10.4. The van der Waals surface area contributed by atoms with E-state index in [1.165, 1.54) is 11.5 Å². The molecular weight excluding hydrogens is 150 g/mol. The van der Waals surface area contributed by atoms with Gasteiger partial charge in [-0.25, -0.2) is 0 Å². The molecule has 49 valence electrons. The Labute approximate surface area is 60.3 Å². The van der Waals surface area contributed by atoms with Crippen molar-refractivity contribution in [3.63, 3.8) is 0 Å². The molecule has 2 aromatic heterocycles. The van der Waals surface area contributed by atoms with Gasteiger partial charge < -0.3 is 0 Å². The Kier molecular flexibility index (Phi) is 1.17. The van der Waals surface area contributed by atoms with E-state index in [1.807, 2.05) is 0 Å². The molecule has 2 heterocycles. The van der Waals surface area contributed by atoms with Crippen LogP contribution < -0.4 is 0 Å². The van der Waals surface area contributed by atoms with Gasteiger partial charge in [0.15, 0.2) is 0 Å². The van der Waals surface area contributed by atoms with Gasteiger partial charge in [0.1, 0.15) is 16.8 Å². The minimum Gasteiger partial charge on any atom is -0.265 e. The normalized spacial score (nSPS) is 10.0. The summed E-state index contributed by atoms with van der Waals surface area (Å²) in [5, 5.41) is 13.4. The molecule has 0 aliphatic heterocycles. The maximum atomic E-state index is 3.75. The fourth-order valence-electron chi connectivity index (χ4n) is 0.564. The Balaban J connectivity index is 2.48. The summed E-state index contributed by atoms with van der Waals surface area (Å²) in [6.45, 7) is 0. The third kappa shape index (κ3) is 0.781. The first kappa shape index (κ1) is 5.48. The molecule has 0 saturated carbocycles. The van der Waals surface area contributed by atoms with Gasteiger partial charge in [-0.2, -0.15) is 0 Å². The summed E-state index contributed by atoms with van der Waals surface area (Å²) in [5.74, 6) is 0. The highest BCUT2D eigenvalue weighted by atomic mass is 32.1. The van der Waals surface area contributed by atoms with Gasteiger partial charge in [-0.15, -0.1) is 10.2 Å². The van der Waals surface area contributed by atoms with Crippen molar-refractivity contribution in [2.45, 2.75) is 0 Å². The third-order valence-corrected chi connectivity index (χ3v) is 1.62. The SMILES string of the molecule is [c]1nnsc1-c1c[nH]nn1. The second-order valence-electron chi connectivity index (χ2n) is 1.57. The molecule has 0 aliphatic rings. The highest BCUT2D eigenvalue weighted by Crippen LogP contribution is 2.15. The van der Waals surface area contributed by atoms with Gasteiger partial charge in [-0.1, -0.05) is 9.70 Å². The van der Waals surface area contributed by atoms with Crippen LogP contribution in [0.2, 0.25) is 0 Å². The van der Waals surface area contributed by atoms with E-state index in [1.54, 1.807) is 6.20 Å². The summed E-state index contributed by atoms with van der Waals surface area (Å²) in [5.41, 5.74) is 0.731. The standard InChI is InChI=1S/C4H2N5S/c1-3(7-8-5-1)4-2-6-9-10-4/h1H,(H,5,7,8). The van der Waals surface area contributed by atoms with Crippen molar-refractivity contribution >= 4 is 11.5 Å². The molecule has 2 aromatic rings. The molecular formula is C4H2N5S. The van der Waals surface area contributed by atoms with Gasteiger partial charge in [0.2, 0.25) is 0 Å². The number of hydrogen-bond donors (Lipinski definition) is 1. The summed E-state index contributed by atoms with van der Waals surface area (Å²) < 4.78 is 3.63. The minimum atomic E-state index is 0.731. The molecule has 0 fully saturated rings. The average Bonchev–Trinajstić information content (AvgIpc) is 2.59. The van der Waals surface area contributed by atoms with E-state index >= 15 is 0 Å². The fraction of sp³-hybridized carbons (Fsp3) is 0. The lowest BCUT2D eigenvalue weighted by Gasteiger charge is -1.77. The molecule has 0 bridgehead atoms. The van der Waals surface area contributed by atoms with Crippen LogP contribution in [-0.2, 0) is 0 Å². The van der Waals surface area contributed by atoms with E-state index in [0.717, 1.165) is 10.6 Å². The van der Waals surface area contributed by atoms with Gasteiger partial charge in [-0.05, 0) is 11.5 Å². The van der Waals surface area contributed by atoms with Crippen molar-refractivity contribution in [2.24, 2.45) is 0 Å². The Morgan fingerprint density at radius 3 is 3.20 bits per heavy atom. The van der Waals surface area contributed by atoms with Gasteiger partial charge >= 0.3 is 0 Å². The van der Waals surface area contributed by atoms with Crippen LogP contribution in [0.15, 0.2) is 6.20 Å². The highest BCUT2D eigenvalue weighted by molar-refractivity contribution is 7.09. The quantitative estimate of drug-likeness (QED) is 0.630. The predicted octanol–water partition coefficient (Wildman–Crippen LogP) is 0.123. The van der Waals surface area contributed by atoms with Crippen LogP contribution in [0.5, 0.6) is 0 Å². The molecule has 0 atom stereocenters. The zero-order valence-corrected chi connectivity index (χ0v) is 5.59. The average molecular weight is 152 g/mol. The summed E-state index contributed by atoms with van der Waals surface area (Å²) in [6, 6.07) is 0. The smallest absolute Gasteiger partial charge is 0.137 e. The lowest BCUT2D eigenvalue weighted by Crippen LogP contribution is -1.70. The Hall–Kier alpha value is -1.30. The molecule has 6 heteroatoms. The Bertz CT molecular complexity index is 253. The topological polar surface area (TPSA) is 67.3 Å². The maximum Gasteiger partial charge on any atom is 0.137 e.